The van der Waals surface area contributed by atoms with Gasteiger partial charge in [-0.05, 0) is 96.7 Å². The van der Waals surface area contributed by atoms with Gasteiger partial charge in [0.15, 0.2) is 0 Å². The summed E-state index contributed by atoms with van der Waals surface area (Å²) in [6.45, 7) is 12.3. The van der Waals surface area contributed by atoms with Crippen LogP contribution in [0.2, 0.25) is 0 Å². The van der Waals surface area contributed by atoms with Crippen molar-refractivity contribution in [1.82, 2.24) is 4.90 Å². The van der Waals surface area contributed by atoms with Gasteiger partial charge in [-0.1, -0.05) is 169 Å². The average Bonchev–Trinajstić information content (AvgIpc) is 3.16. The highest BCUT2D eigenvalue weighted by Crippen LogP contribution is 2.19. The zero-order valence-corrected chi connectivity index (χ0v) is 37.7. The number of rotatable bonds is 44. The van der Waals surface area contributed by atoms with Crippen LogP contribution < -0.4 is 0 Å². The molecule has 0 bridgehead atoms. The molecule has 54 heavy (non-hydrogen) atoms. The van der Waals surface area contributed by atoms with E-state index in [1.54, 1.807) is 0 Å². The van der Waals surface area contributed by atoms with Gasteiger partial charge in [0.05, 0.1) is 0 Å². The van der Waals surface area contributed by atoms with E-state index >= 15 is 0 Å². The van der Waals surface area contributed by atoms with Crippen LogP contribution in [0.3, 0.4) is 0 Å². The van der Waals surface area contributed by atoms with Crippen LogP contribution in [0.5, 0.6) is 0 Å². The van der Waals surface area contributed by atoms with Gasteiger partial charge in [-0.15, -0.1) is 11.6 Å². The number of alkyl halides is 1. The van der Waals surface area contributed by atoms with Crippen LogP contribution in [-0.2, 0) is 19.1 Å². The molecule has 0 saturated heterocycles. The lowest BCUT2D eigenvalue weighted by molar-refractivity contribution is -0.151. The van der Waals surface area contributed by atoms with Crippen LogP contribution in [-0.4, -0.2) is 54.6 Å². The molecule has 322 valence electrons. The highest BCUT2D eigenvalue weighted by molar-refractivity contribution is 6.17. The lowest BCUT2D eigenvalue weighted by Gasteiger charge is -2.22. The highest BCUT2D eigenvalue weighted by Gasteiger charge is 2.15. The van der Waals surface area contributed by atoms with E-state index in [2.05, 4.69) is 32.6 Å². The van der Waals surface area contributed by atoms with E-state index in [1.807, 2.05) is 0 Å². The van der Waals surface area contributed by atoms with Crippen molar-refractivity contribution >= 4 is 23.5 Å². The van der Waals surface area contributed by atoms with Gasteiger partial charge in [-0.3, -0.25) is 9.59 Å². The zero-order chi connectivity index (χ0) is 39.6. The minimum Gasteiger partial charge on any atom is -0.462 e. The maximum absolute atomic E-state index is 12.8. The summed E-state index contributed by atoms with van der Waals surface area (Å²) in [5.41, 5.74) is 0. The molecular formula is C48H94ClNO4. The Balaban J connectivity index is 4.16. The van der Waals surface area contributed by atoms with E-state index in [4.69, 9.17) is 21.1 Å². The Kier molecular flexibility index (Phi) is 42.7. The molecule has 6 heteroatoms. The SMILES string of the molecule is CCCCCCCCC(CCC)OC(=O)CCCCCCCN(CCCCl)CCCCCCCC(=O)OC(CCCCCCCC)CCCCCCCC. The average molecular weight is 785 g/mol. The molecule has 0 saturated carbocycles. The third-order valence-corrected chi connectivity index (χ3v) is 11.4. The van der Waals surface area contributed by atoms with Crippen LogP contribution in [0, 0.1) is 0 Å². The van der Waals surface area contributed by atoms with Crippen LogP contribution in [0.1, 0.15) is 259 Å². The first-order valence-electron chi connectivity index (χ1n) is 24.2. The lowest BCUT2D eigenvalue weighted by atomic mass is 10.0. The number of unbranched alkanes of at least 4 members (excludes halogenated alkanes) is 23. The van der Waals surface area contributed by atoms with Gasteiger partial charge in [0.2, 0.25) is 0 Å². The first-order valence-corrected chi connectivity index (χ1v) is 24.7. The molecule has 0 rings (SSSR count). The number of halogens is 1. The second-order valence-corrected chi connectivity index (χ2v) is 17.0. The predicted molar refractivity (Wildman–Crippen MR) is 236 cm³/mol. The molecule has 0 aromatic heterocycles. The van der Waals surface area contributed by atoms with E-state index in [0.29, 0.717) is 12.8 Å². The molecule has 5 nitrogen and oxygen atoms in total. The summed E-state index contributed by atoms with van der Waals surface area (Å²) in [6.07, 6.45) is 42.2. The highest BCUT2D eigenvalue weighted by atomic mass is 35.5. The number of carbonyl (C=O) groups excluding carboxylic acids is 2. The Morgan fingerprint density at radius 2 is 0.704 bits per heavy atom. The van der Waals surface area contributed by atoms with Crippen molar-refractivity contribution in [3.05, 3.63) is 0 Å². The van der Waals surface area contributed by atoms with Gasteiger partial charge in [0.1, 0.15) is 12.2 Å². The smallest absolute Gasteiger partial charge is 0.306 e. The largest absolute Gasteiger partial charge is 0.462 e. The molecule has 0 heterocycles. The number of hydrogen-bond donors (Lipinski definition) is 0. The predicted octanol–water partition coefficient (Wildman–Crippen LogP) is 15.5. The van der Waals surface area contributed by atoms with E-state index in [1.165, 1.54) is 154 Å². The molecule has 1 unspecified atom stereocenters. The van der Waals surface area contributed by atoms with Crippen LogP contribution in [0.4, 0.5) is 0 Å². The van der Waals surface area contributed by atoms with Crippen molar-refractivity contribution in [3.8, 4) is 0 Å². The van der Waals surface area contributed by atoms with Crippen molar-refractivity contribution in [2.45, 2.75) is 271 Å². The Hall–Kier alpha value is -0.810. The van der Waals surface area contributed by atoms with Gasteiger partial charge in [-0.2, -0.15) is 0 Å². The summed E-state index contributed by atoms with van der Waals surface area (Å²) in [4.78, 5) is 27.9. The molecule has 0 spiro atoms. The van der Waals surface area contributed by atoms with E-state index in [-0.39, 0.29) is 24.1 Å². The fraction of sp³-hybridized carbons (Fsp3) is 0.958. The molecular weight excluding hydrogens is 690 g/mol. The Bertz CT molecular complexity index is 764. The van der Waals surface area contributed by atoms with Gasteiger partial charge < -0.3 is 14.4 Å². The Labute approximate surface area is 343 Å². The standard InChI is InChI=1S/C48H94ClNO4/c1-5-9-12-15-20-27-36-45(35-8-4)53-47(51)39-30-23-18-25-32-42-50(44-34-41-49)43-33-26-19-24-31-40-48(52)54-46(37-28-21-16-13-10-6-2)38-29-22-17-14-11-7-3/h45-46H,5-44H2,1-4H3. The van der Waals surface area contributed by atoms with Crippen molar-refractivity contribution in [2.24, 2.45) is 0 Å². The molecule has 0 aliphatic carbocycles. The molecule has 0 N–H and O–H groups in total. The monoisotopic (exact) mass is 784 g/mol. The number of nitrogens with zero attached hydrogens (tertiary/aromatic N) is 1. The van der Waals surface area contributed by atoms with Crippen LogP contribution in [0.15, 0.2) is 0 Å². The molecule has 0 radical (unpaired) electrons. The van der Waals surface area contributed by atoms with Crippen LogP contribution in [0.25, 0.3) is 0 Å². The molecule has 0 amide bonds. The van der Waals surface area contributed by atoms with Crippen molar-refractivity contribution in [2.75, 3.05) is 25.5 Å². The molecule has 1 atom stereocenters. The second-order valence-electron chi connectivity index (χ2n) is 16.6. The van der Waals surface area contributed by atoms with Gasteiger partial charge in [0.25, 0.3) is 0 Å². The van der Waals surface area contributed by atoms with E-state index in [9.17, 15) is 9.59 Å². The lowest BCUT2D eigenvalue weighted by Crippen LogP contribution is -2.27. The first-order chi connectivity index (χ1) is 26.5. The zero-order valence-electron chi connectivity index (χ0n) is 36.9. The van der Waals surface area contributed by atoms with Crippen molar-refractivity contribution in [3.63, 3.8) is 0 Å². The molecule has 0 aliphatic rings. The summed E-state index contributed by atoms with van der Waals surface area (Å²) < 4.78 is 11.9. The Morgan fingerprint density at radius 3 is 1.07 bits per heavy atom. The number of ether oxygens (including phenoxy) is 2. The summed E-state index contributed by atoms with van der Waals surface area (Å²) in [7, 11) is 0. The quantitative estimate of drug-likeness (QED) is 0.0350. The normalized spacial score (nSPS) is 12.2. The maximum atomic E-state index is 12.8. The number of hydrogen-bond acceptors (Lipinski definition) is 5. The molecule has 0 aromatic rings. The summed E-state index contributed by atoms with van der Waals surface area (Å²) in [5.74, 6) is 0.765. The molecule has 0 aliphatic heterocycles. The number of esters is 2. The molecule has 0 fully saturated rings. The van der Waals surface area contributed by atoms with Gasteiger partial charge in [-0.25, -0.2) is 0 Å². The van der Waals surface area contributed by atoms with E-state index < -0.39 is 0 Å². The van der Waals surface area contributed by atoms with E-state index in [0.717, 1.165) is 89.7 Å². The minimum absolute atomic E-state index is 0.0119. The third-order valence-electron chi connectivity index (χ3n) is 11.2. The maximum Gasteiger partial charge on any atom is 0.306 e. The first kappa shape index (κ1) is 53.2. The van der Waals surface area contributed by atoms with Gasteiger partial charge >= 0.3 is 11.9 Å². The topological polar surface area (TPSA) is 55.8 Å². The summed E-state index contributed by atoms with van der Waals surface area (Å²) in [5, 5.41) is 0. The molecule has 0 aromatic carbocycles. The minimum atomic E-state index is 0.0119. The van der Waals surface area contributed by atoms with Crippen molar-refractivity contribution < 1.29 is 19.1 Å². The second kappa shape index (κ2) is 43.3. The third kappa shape index (κ3) is 38.1. The Morgan fingerprint density at radius 1 is 0.389 bits per heavy atom. The van der Waals surface area contributed by atoms with Gasteiger partial charge in [0, 0.05) is 18.7 Å². The van der Waals surface area contributed by atoms with Crippen LogP contribution >= 0.6 is 11.6 Å². The summed E-state index contributed by atoms with van der Waals surface area (Å²) in [6, 6.07) is 0. The fourth-order valence-corrected chi connectivity index (χ4v) is 7.80. The van der Waals surface area contributed by atoms with Crippen molar-refractivity contribution in [1.29, 1.82) is 0 Å². The fourth-order valence-electron chi connectivity index (χ4n) is 7.68. The number of carbonyl (C=O) groups is 2. The summed E-state index contributed by atoms with van der Waals surface area (Å²) >= 11 is 6.06.